The van der Waals surface area contributed by atoms with Gasteiger partial charge in [-0.2, -0.15) is 4.98 Å². The molecule has 0 unspecified atom stereocenters. The molecule has 0 saturated heterocycles. The summed E-state index contributed by atoms with van der Waals surface area (Å²) in [5.41, 5.74) is 4.27. The number of aromatic amines is 1. The molecule has 1 N–H and O–H groups in total. The van der Waals surface area contributed by atoms with Crippen LogP contribution in [0.15, 0.2) is 60.9 Å². The highest BCUT2D eigenvalue weighted by Crippen LogP contribution is 2.37. The topological polar surface area (TPSA) is 54.0 Å². The van der Waals surface area contributed by atoms with Gasteiger partial charge in [-0.25, -0.2) is 9.37 Å². The summed E-state index contributed by atoms with van der Waals surface area (Å²) in [5, 5.41) is 2.84. The number of aromatic nitrogens is 3. The van der Waals surface area contributed by atoms with E-state index in [1.165, 1.54) is 37.4 Å². The highest BCUT2D eigenvalue weighted by molar-refractivity contribution is 7.20. The molecule has 5 nitrogen and oxygen atoms in total. The molecule has 1 aliphatic rings. The van der Waals surface area contributed by atoms with Gasteiger partial charge in [0.05, 0.1) is 4.70 Å². The van der Waals surface area contributed by atoms with Crippen LogP contribution in [-0.2, 0) is 19.5 Å². The van der Waals surface area contributed by atoms with E-state index in [0.29, 0.717) is 10.8 Å². The molecule has 0 amide bonds. The van der Waals surface area contributed by atoms with Gasteiger partial charge in [0.25, 0.3) is 5.19 Å². The van der Waals surface area contributed by atoms with Crippen LogP contribution in [0.1, 0.15) is 16.0 Å². The summed E-state index contributed by atoms with van der Waals surface area (Å²) in [7, 11) is 0. The van der Waals surface area contributed by atoms with Crippen molar-refractivity contribution in [1.82, 2.24) is 19.9 Å². The lowest BCUT2D eigenvalue weighted by Crippen LogP contribution is -2.29. The Bertz CT molecular complexity index is 1650. The number of rotatable bonds is 4. The zero-order chi connectivity index (χ0) is 22.6. The number of nitrogens with zero attached hydrogens (tertiary/aromatic N) is 3. The minimum atomic E-state index is -0.165. The number of fused-ring (bicyclic) bond motifs is 5. The Balaban J connectivity index is 1.12. The van der Waals surface area contributed by atoms with Gasteiger partial charge in [-0.15, -0.1) is 11.3 Å². The number of H-pyrrole nitrogens is 1. The molecule has 0 fully saturated rings. The van der Waals surface area contributed by atoms with Crippen molar-refractivity contribution >= 4 is 54.0 Å². The predicted octanol–water partition coefficient (Wildman–Crippen LogP) is 6.88. The van der Waals surface area contributed by atoms with Crippen molar-refractivity contribution in [2.45, 2.75) is 19.5 Å². The van der Waals surface area contributed by atoms with Crippen molar-refractivity contribution in [3.05, 3.63) is 82.7 Å². The van der Waals surface area contributed by atoms with Crippen molar-refractivity contribution in [1.29, 1.82) is 0 Å². The van der Waals surface area contributed by atoms with Gasteiger partial charge in [0.2, 0.25) is 0 Å². The van der Waals surface area contributed by atoms with Crippen LogP contribution in [0.4, 0.5) is 4.39 Å². The highest BCUT2D eigenvalue weighted by atomic mass is 32.1. The van der Waals surface area contributed by atoms with Crippen LogP contribution in [0.25, 0.3) is 31.3 Å². The third kappa shape index (κ3) is 3.46. The molecule has 8 heteroatoms. The SMILES string of the molecule is Fc1ccc2sc3c(c2c1)CN(Cc1c[nH]c2cc(Oc4nc5ncccc5s4)ccc12)CC3. The number of benzene rings is 2. The summed E-state index contributed by atoms with van der Waals surface area (Å²) >= 11 is 3.29. The smallest absolute Gasteiger partial charge is 0.281 e. The maximum Gasteiger partial charge on any atom is 0.281 e. The highest BCUT2D eigenvalue weighted by Gasteiger charge is 2.22. The van der Waals surface area contributed by atoms with Gasteiger partial charge in [0.15, 0.2) is 5.65 Å². The fourth-order valence-corrected chi connectivity index (χ4v) is 6.72. The lowest BCUT2D eigenvalue weighted by atomic mass is 10.0. The first kappa shape index (κ1) is 20.1. The predicted molar refractivity (Wildman–Crippen MR) is 135 cm³/mol. The van der Waals surface area contributed by atoms with Crippen LogP contribution in [0.5, 0.6) is 10.9 Å². The van der Waals surface area contributed by atoms with Gasteiger partial charge in [-0.3, -0.25) is 4.90 Å². The average Bonchev–Trinajstić information content (AvgIpc) is 3.54. The Hall–Kier alpha value is -3.33. The molecule has 5 heterocycles. The fraction of sp³-hybridized carbons (Fsp3) is 0.154. The first-order valence-electron chi connectivity index (χ1n) is 11.1. The average molecular weight is 487 g/mol. The normalized spacial score (nSPS) is 14.3. The number of hydrogen-bond acceptors (Lipinski definition) is 6. The maximum absolute atomic E-state index is 13.9. The van der Waals surface area contributed by atoms with Crippen molar-refractivity contribution in [3.8, 4) is 10.9 Å². The maximum atomic E-state index is 13.9. The van der Waals surface area contributed by atoms with Gasteiger partial charge < -0.3 is 9.72 Å². The number of thiophene rings is 1. The molecule has 0 saturated carbocycles. The number of nitrogens with one attached hydrogen (secondary N) is 1. The van der Waals surface area contributed by atoms with Crippen LogP contribution in [0, 0.1) is 5.82 Å². The van der Waals surface area contributed by atoms with Gasteiger partial charge in [0, 0.05) is 64.0 Å². The quantitative estimate of drug-likeness (QED) is 0.295. The van der Waals surface area contributed by atoms with E-state index in [-0.39, 0.29) is 5.82 Å². The van der Waals surface area contributed by atoms with Gasteiger partial charge in [0.1, 0.15) is 11.6 Å². The summed E-state index contributed by atoms with van der Waals surface area (Å²) in [6.45, 7) is 2.69. The number of pyridine rings is 1. The molecular weight excluding hydrogens is 467 g/mol. The second-order valence-corrected chi connectivity index (χ2v) is 10.7. The molecule has 2 aromatic carbocycles. The van der Waals surface area contributed by atoms with E-state index in [1.807, 2.05) is 30.3 Å². The molecule has 34 heavy (non-hydrogen) atoms. The van der Waals surface area contributed by atoms with E-state index >= 15 is 0 Å². The van der Waals surface area contributed by atoms with E-state index in [9.17, 15) is 4.39 Å². The Morgan fingerprint density at radius 3 is 2.97 bits per heavy atom. The molecular formula is C26H19FN4OS2. The minimum absolute atomic E-state index is 0.165. The molecule has 0 bridgehead atoms. The summed E-state index contributed by atoms with van der Waals surface area (Å²) < 4.78 is 22.1. The molecule has 7 rings (SSSR count). The van der Waals surface area contributed by atoms with E-state index in [4.69, 9.17) is 4.74 Å². The fourth-order valence-electron chi connectivity index (χ4n) is 4.74. The lowest BCUT2D eigenvalue weighted by Gasteiger charge is -2.27. The number of ether oxygens (including phenoxy) is 1. The zero-order valence-electron chi connectivity index (χ0n) is 18.0. The van der Waals surface area contributed by atoms with Crippen LogP contribution >= 0.6 is 22.7 Å². The second kappa shape index (κ2) is 7.87. The van der Waals surface area contributed by atoms with Crippen molar-refractivity contribution in [2.75, 3.05) is 6.54 Å². The third-order valence-corrected chi connectivity index (χ3v) is 8.52. The Morgan fingerprint density at radius 1 is 1.06 bits per heavy atom. The molecule has 168 valence electrons. The van der Waals surface area contributed by atoms with Crippen LogP contribution in [0.2, 0.25) is 0 Å². The van der Waals surface area contributed by atoms with Gasteiger partial charge in [-0.1, -0.05) is 11.3 Å². The van der Waals surface area contributed by atoms with Crippen molar-refractivity contribution in [3.63, 3.8) is 0 Å². The second-order valence-electron chi connectivity index (χ2n) is 8.53. The third-order valence-electron chi connectivity index (χ3n) is 6.36. The van der Waals surface area contributed by atoms with Gasteiger partial charge >= 0.3 is 0 Å². The van der Waals surface area contributed by atoms with Crippen molar-refractivity contribution in [2.24, 2.45) is 0 Å². The molecule has 0 atom stereocenters. The van der Waals surface area contributed by atoms with Crippen molar-refractivity contribution < 1.29 is 9.13 Å². The van der Waals surface area contributed by atoms with E-state index in [1.54, 1.807) is 29.7 Å². The lowest BCUT2D eigenvalue weighted by molar-refractivity contribution is 0.249. The number of hydrogen-bond donors (Lipinski definition) is 1. The number of thiazole rings is 1. The van der Waals surface area contributed by atoms with E-state index in [0.717, 1.165) is 47.4 Å². The Labute approximate surface area is 202 Å². The van der Waals surface area contributed by atoms with Crippen LogP contribution in [-0.4, -0.2) is 26.4 Å². The molecule has 0 spiro atoms. The molecule has 1 aliphatic heterocycles. The summed E-state index contributed by atoms with van der Waals surface area (Å²) in [5.74, 6) is 0.580. The van der Waals surface area contributed by atoms with E-state index < -0.39 is 0 Å². The zero-order valence-corrected chi connectivity index (χ0v) is 19.7. The molecule has 0 aliphatic carbocycles. The van der Waals surface area contributed by atoms with Crippen LogP contribution < -0.4 is 4.74 Å². The molecule has 4 aromatic heterocycles. The largest absolute Gasteiger partial charge is 0.431 e. The summed E-state index contributed by atoms with van der Waals surface area (Å²) in [6, 6.07) is 15.1. The Kier molecular flexibility index (Phi) is 4.65. The first-order valence-corrected chi connectivity index (χ1v) is 12.7. The number of halogens is 1. The minimum Gasteiger partial charge on any atom is -0.431 e. The Morgan fingerprint density at radius 2 is 2.03 bits per heavy atom. The van der Waals surface area contributed by atoms with E-state index in [2.05, 4.69) is 32.1 Å². The standard InChI is InChI=1S/C26H19FN4OS2/c27-16-3-6-22-19(10-16)20-14-31(9-7-23(20)33-22)13-15-12-29-21-11-17(4-5-18(15)21)32-26-30-25-24(34-26)2-1-8-28-25/h1-6,8,10-12,29H,7,9,13-14H2. The monoisotopic (exact) mass is 486 g/mol. The van der Waals surface area contributed by atoms with Crippen LogP contribution in [0.3, 0.4) is 0 Å². The summed E-state index contributed by atoms with van der Waals surface area (Å²) in [4.78, 5) is 16.0. The van der Waals surface area contributed by atoms with Gasteiger partial charge in [-0.05, 0) is 60.0 Å². The summed E-state index contributed by atoms with van der Waals surface area (Å²) in [6.07, 6.45) is 4.82. The molecule has 0 radical (unpaired) electrons. The molecule has 6 aromatic rings. The first-order chi connectivity index (χ1) is 16.7.